The average molecular weight is 187 g/mol. The molecule has 0 N–H and O–H groups in total. The molecule has 0 aliphatic heterocycles. The Morgan fingerprint density at radius 3 is 2.75 bits per heavy atom. The lowest BCUT2D eigenvalue weighted by Crippen LogP contribution is -1.91. The number of rotatable bonds is 2. The molecule has 0 amide bonds. The van der Waals surface area contributed by atoms with Gasteiger partial charge in [-0.1, -0.05) is 30.3 Å². The van der Waals surface area contributed by atoms with E-state index in [0.717, 1.165) is 0 Å². The summed E-state index contributed by atoms with van der Waals surface area (Å²) in [6, 6.07) is 3.12. The molecule has 1 nitrogen and oxygen atoms in total. The molecule has 0 bridgehead atoms. The van der Waals surface area contributed by atoms with Gasteiger partial charge in [0.25, 0.3) is 0 Å². The molecule has 0 aliphatic rings. The molecule has 3 heteroatoms. The molecular weight excluding hydrogens is 179 g/mol. The fourth-order valence-corrected chi connectivity index (χ4v) is 1.12. The van der Waals surface area contributed by atoms with E-state index in [4.69, 9.17) is 16.3 Å². The lowest BCUT2D eigenvalue weighted by molar-refractivity contribution is 0.386. The first kappa shape index (κ1) is 9.07. The molecule has 0 unspecified atom stereocenters. The van der Waals surface area contributed by atoms with Gasteiger partial charge in [0.05, 0.1) is 12.1 Å². The quantitative estimate of drug-likeness (QED) is 0.690. The van der Waals surface area contributed by atoms with Gasteiger partial charge in [0.1, 0.15) is 0 Å². The van der Waals surface area contributed by atoms with Gasteiger partial charge >= 0.3 is 0 Å². The van der Waals surface area contributed by atoms with Crippen molar-refractivity contribution in [3.05, 3.63) is 35.1 Å². The third kappa shape index (κ3) is 1.43. The Bertz CT molecular complexity index is 310. The summed E-state index contributed by atoms with van der Waals surface area (Å²) in [5.41, 5.74) is 0.385. The lowest BCUT2D eigenvalue weighted by Gasteiger charge is -2.05. The van der Waals surface area contributed by atoms with Crippen molar-refractivity contribution in [1.29, 1.82) is 0 Å². The minimum Gasteiger partial charge on any atom is -0.492 e. The van der Waals surface area contributed by atoms with E-state index in [2.05, 4.69) is 6.58 Å². The molecule has 0 spiro atoms. The summed E-state index contributed by atoms with van der Waals surface area (Å²) >= 11 is 5.66. The average Bonchev–Trinajstić information content (AvgIpc) is 2.06. The van der Waals surface area contributed by atoms with E-state index in [1.165, 1.54) is 13.2 Å². The summed E-state index contributed by atoms with van der Waals surface area (Å²) in [6.45, 7) is 3.46. The highest BCUT2D eigenvalue weighted by atomic mass is 35.5. The van der Waals surface area contributed by atoms with Gasteiger partial charge in [-0.25, -0.2) is 4.39 Å². The lowest BCUT2D eigenvalue weighted by atomic mass is 10.2. The van der Waals surface area contributed by atoms with Crippen LogP contribution in [-0.2, 0) is 0 Å². The van der Waals surface area contributed by atoms with Crippen LogP contribution in [0.25, 0.3) is 6.08 Å². The predicted molar refractivity (Wildman–Crippen MR) is 48.1 cm³/mol. The van der Waals surface area contributed by atoms with Crippen LogP contribution in [0, 0.1) is 5.82 Å². The van der Waals surface area contributed by atoms with Crippen LogP contribution >= 0.6 is 11.6 Å². The Hall–Kier alpha value is -1.02. The minimum absolute atomic E-state index is 0.0640. The van der Waals surface area contributed by atoms with Crippen LogP contribution in [0.3, 0.4) is 0 Å². The maximum atomic E-state index is 13.3. The Morgan fingerprint density at radius 1 is 1.58 bits per heavy atom. The maximum absolute atomic E-state index is 13.3. The second-order valence-corrected chi connectivity index (χ2v) is 2.60. The van der Waals surface area contributed by atoms with Gasteiger partial charge in [-0.05, 0) is 6.07 Å². The summed E-state index contributed by atoms with van der Waals surface area (Å²) in [5.74, 6) is -0.408. The van der Waals surface area contributed by atoms with Gasteiger partial charge in [-0.15, -0.1) is 0 Å². The zero-order valence-electron chi connectivity index (χ0n) is 6.60. The molecule has 1 aromatic rings. The molecule has 0 fully saturated rings. The van der Waals surface area contributed by atoms with Crippen molar-refractivity contribution in [3.8, 4) is 5.75 Å². The van der Waals surface area contributed by atoms with Crippen molar-refractivity contribution in [2.24, 2.45) is 0 Å². The molecule has 12 heavy (non-hydrogen) atoms. The number of halogens is 2. The summed E-state index contributed by atoms with van der Waals surface area (Å²) < 4.78 is 18.0. The molecule has 0 aliphatic carbocycles. The Labute approximate surface area is 75.4 Å². The zero-order valence-corrected chi connectivity index (χ0v) is 7.36. The molecule has 1 aromatic carbocycles. The van der Waals surface area contributed by atoms with Crippen LogP contribution in [0.2, 0.25) is 5.02 Å². The fourth-order valence-electron chi connectivity index (χ4n) is 0.892. The first-order valence-electron chi connectivity index (χ1n) is 3.35. The zero-order chi connectivity index (χ0) is 9.14. The Kier molecular flexibility index (Phi) is 2.71. The van der Waals surface area contributed by atoms with Crippen molar-refractivity contribution in [3.63, 3.8) is 0 Å². The molecule has 0 atom stereocenters. The number of methoxy groups -OCH3 is 1. The second kappa shape index (κ2) is 3.59. The third-order valence-electron chi connectivity index (χ3n) is 1.50. The van der Waals surface area contributed by atoms with Gasteiger partial charge < -0.3 is 4.74 Å². The van der Waals surface area contributed by atoms with Gasteiger partial charge in [-0.3, -0.25) is 0 Å². The summed E-state index contributed by atoms with van der Waals surface area (Å²) in [5, 5.41) is 0.264. The van der Waals surface area contributed by atoms with E-state index in [-0.39, 0.29) is 10.8 Å². The van der Waals surface area contributed by atoms with Crippen LogP contribution in [0.5, 0.6) is 5.75 Å². The van der Waals surface area contributed by atoms with E-state index in [1.54, 1.807) is 12.1 Å². The number of benzene rings is 1. The van der Waals surface area contributed by atoms with Crippen molar-refractivity contribution >= 4 is 17.7 Å². The molecule has 0 saturated heterocycles. The van der Waals surface area contributed by atoms with E-state index in [1.807, 2.05) is 0 Å². The van der Waals surface area contributed by atoms with Crippen LogP contribution in [-0.4, -0.2) is 7.11 Å². The van der Waals surface area contributed by atoms with E-state index in [0.29, 0.717) is 5.56 Å². The summed E-state index contributed by atoms with van der Waals surface area (Å²) in [6.07, 6.45) is 1.41. The highest BCUT2D eigenvalue weighted by molar-refractivity contribution is 6.32. The topological polar surface area (TPSA) is 9.23 Å². The first-order chi connectivity index (χ1) is 5.70. The van der Waals surface area contributed by atoms with Crippen LogP contribution in [0.1, 0.15) is 5.56 Å². The van der Waals surface area contributed by atoms with E-state index < -0.39 is 5.82 Å². The van der Waals surface area contributed by atoms with Gasteiger partial charge in [0, 0.05) is 5.56 Å². The SMILES string of the molecule is C=Cc1ccc(Cl)c(OC)c1F. The fraction of sp³-hybridized carbons (Fsp3) is 0.111. The molecule has 64 valence electrons. The molecular formula is C9H8ClFO. The van der Waals surface area contributed by atoms with Crippen LogP contribution in [0.15, 0.2) is 18.7 Å². The van der Waals surface area contributed by atoms with Crippen molar-refractivity contribution in [2.45, 2.75) is 0 Å². The minimum atomic E-state index is -0.472. The second-order valence-electron chi connectivity index (χ2n) is 2.19. The Balaban J connectivity index is 3.33. The monoisotopic (exact) mass is 186 g/mol. The normalized spacial score (nSPS) is 9.58. The number of hydrogen-bond donors (Lipinski definition) is 0. The third-order valence-corrected chi connectivity index (χ3v) is 1.80. The molecule has 0 radical (unpaired) electrons. The first-order valence-corrected chi connectivity index (χ1v) is 3.73. The van der Waals surface area contributed by atoms with Gasteiger partial charge in [-0.2, -0.15) is 0 Å². The van der Waals surface area contributed by atoms with Crippen molar-refractivity contribution in [2.75, 3.05) is 7.11 Å². The molecule has 0 saturated carbocycles. The predicted octanol–water partition coefficient (Wildman–Crippen LogP) is 3.13. The highest BCUT2D eigenvalue weighted by Gasteiger charge is 2.09. The van der Waals surface area contributed by atoms with Crippen molar-refractivity contribution < 1.29 is 9.13 Å². The highest BCUT2D eigenvalue weighted by Crippen LogP contribution is 2.29. The Morgan fingerprint density at radius 2 is 2.25 bits per heavy atom. The maximum Gasteiger partial charge on any atom is 0.173 e. The van der Waals surface area contributed by atoms with E-state index in [9.17, 15) is 4.39 Å². The van der Waals surface area contributed by atoms with Crippen molar-refractivity contribution in [1.82, 2.24) is 0 Å². The summed E-state index contributed by atoms with van der Waals surface area (Å²) in [4.78, 5) is 0. The van der Waals surface area contributed by atoms with Crippen LogP contribution < -0.4 is 4.74 Å². The van der Waals surface area contributed by atoms with Gasteiger partial charge in [0.15, 0.2) is 11.6 Å². The molecule has 0 aromatic heterocycles. The molecule has 0 heterocycles. The van der Waals surface area contributed by atoms with Gasteiger partial charge in [0.2, 0.25) is 0 Å². The summed E-state index contributed by atoms with van der Waals surface area (Å²) in [7, 11) is 1.37. The standard InChI is InChI=1S/C9H8ClFO/c1-3-6-4-5-7(10)9(12-2)8(6)11/h3-5H,1H2,2H3. The van der Waals surface area contributed by atoms with Crippen LogP contribution in [0.4, 0.5) is 4.39 Å². The number of ether oxygens (including phenoxy) is 1. The number of hydrogen-bond acceptors (Lipinski definition) is 1. The molecule has 1 rings (SSSR count). The smallest absolute Gasteiger partial charge is 0.173 e. The van der Waals surface area contributed by atoms with E-state index >= 15 is 0 Å². The largest absolute Gasteiger partial charge is 0.492 e.